The lowest BCUT2D eigenvalue weighted by atomic mass is 9.93. The molecule has 2 rings (SSSR count). The van der Waals surface area contributed by atoms with Gasteiger partial charge in [-0.1, -0.05) is 24.5 Å². The lowest BCUT2D eigenvalue weighted by Gasteiger charge is -2.17. The normalized spacial score (nSPS) is 22.3. The summed E-state index contributed by atoms with van der Waals surface area (Å²) in [5.41, 5.74) is 7.74. The summed E-state index contributed by atoms with van der Waals surface area (Å²) in [6.45, 7) is 0. The Hall–Kier alpha value is -1.02. The third-order valence-electron chi connectivity index (χ3n) is 3.58. The van der Waals surface area contributed by atoms with Gasteiger partial charge in [0.15, 0.2) is 0 Å². The van der Waals surface area contributed by atoms with E-state index in [0.29, 0.717) is 0 Å². The van der Waals surface area contributed by atoms with Crippen LogP contribution in [0.5, 0.6) is 0 Å². The Kier molecular flexibility index (Phi) is 4.87. The number of aryl methyl sites for hydroxylation is 1. The highest BCUT2D eigenvalue weighted by atomic mass is 16.3. The molecule has 0 bridgehead atoms. The van der Waals surface area contributed by atoms with E-state index in [1.54, 1.807) is 6.26 Å². The standard InChI is InChI=1S/C15H23NO/c16-15(11-10-14-9-6-12-17-14)13-7-4-2-1-3-5-8-13/h6-7,9,12,15H,1-5,8,10-11,16H2/b13-7+. The van der Waals surface area contributed by atoms with Crippen LogP contribution in [0.2, 0.25) is 0 Å². The molecule has 1 atom stereocenters. The number of furan rings is 1. The van der Waals surface area contributed by atoms with Crippen LogP contribution in [0.1, 0.15) is 50.7 Å². The van der Waals surface area contributed by atoms with Gasteiger partial charge in [0, 0.05) is 12.5 Å². The van der Waals surface area contributed by atoms with Crippen LogP contribution < -0.4 is 5.73 Å². The van der Waals surface area contributed by atoms with E-state index in [1.807, 2.05) is 12.1 Å². The largest absolute Gasteiger partial charge is 0.469 e. The first-order valence-electron chi connectivity index (χ1n) is 6.83. The van der Waals surface area contributed by atoms with Gasteiger partial charge in [-0.25, -0.2) is 0 Å². The minimum atomic E-state index is 0.221. The molecule has 0 radical (unpaired) electrons. The summed E-state index contributed by atoms with van der Waals surface area (Å²) in [6.07, 6.45) is 13.8. The lowest BCUT2D eigenvalue weighted by molar-refractivity contribution is 0.489. The molecule has 1 aromatic heterocycles. The van der Waals surface area contributed by atoms with E-state index in [4.69, 9.17) is 10.2 Å². The molecule has 94 valence electrons. The van der Waals surface area contributed by atoms with Crippen molar-refractivity contribution >= 4 is 0 Å². The number of hydrogen-bond acceptors (Lipinski definition) is 2. The molecule has 0 fully saturated rings. The molecule has 1 unspecified atom stereocenters. The average molecular weight is 233 g/mol. The Balaban J connectivity index is 1.83. The highest BCUT2D eigenvalue weighted by Gasteiger charge is 2.11. The molecule has 0 saturated carbocycles. The third-order valence-corrected chi connectivity index (χ3v) is 3.58. The quantitative estimate of drug-likeness (QED) is 0.803. The molecule has 0 aliphatic heterocycles. The maximum absolute atomic E-state index is 6.28. The SMILES string of the molecule is NC(CCc1ccco1)/C1=C/CCCCCC1. The first kappa shape index (κ1) is 12.4. The smallest absolute Gasteiger partial charge is 0.103 e. The Morgan fingerprint density at radius 2 is 2.12 bits per heavy atom. The lowest BCUT2D eigenvalue weighted by Crippen LogP contribution is -2.23. The predicted molar refractivity (Wildman–Crippen MR) is 70.8 cm³/mol. The first-order chi connectivity index (χ1) is 8.36. The second kappa shape index (κ2) is 6.65. The van der Waals surface area contributed by atoms with Crippen LogP contribution in [-0.2, 0) is 6.42 Å². The maximum atomic E-state index is 6.28. The van der Waals surface area contributed by atoms with Crippen molar-refractivity contribution in [2.75, 3.05) is 0 Å². The van der Waals surface area contributed by atoms with Crippen molar-refractivity contribution in [1.82, 2.24) is 0 Å². The highest BCUT2D eigenvalue weighted by Crippen LogP contribution is 2.21. The van der Waals surface area contributed by atoms with Gasteiger partial charge in [-0.05, 0) is 44.2 Å². The van der Waals surface area contributed by atoms with Gasteiger partial charge in [-0.3, -0.25) is 0 Å². The fourth-order valence-electron chi connectivity index (χ4n) is 2.49. The molecule has 0 amide bonds. The molecule has 1 heterocycles. The van der Waals surface area contributed by atoms with Gasteiger partial charge >= 0.3 is 0 Å². The molecular formula is C15H23NO. The zero-order valence-electron chi connectivity index (χ0n) is 10.5. The van der Waals surface area contributed by atoms with Gasteiger partial charge in [0.1, 0.15) is 5.76 Å². The first-order valence-corrected chi connectivity index (χ1v) is 6.83. The summed E-state index contributed by atoms with van der Waals surface area (Å²) < 4.78 is 5.34. The molecule has 1 aliphatic carbocycles. The minimum Gasteiger partial charge on any atom is -0.469 e. The number of nitrogens with two attached hydrogens (primary N) is 1. The van der Waals surface area contributed by atoms with Crippen LogP contribution >= 0.6 is 0 Å². The molecule has 0 aromatic carbocycles. The topological polar surface area (TPSA) is 39.2 Å². The number of allylic oxidation sites excluding steroid dienone is 1. The Morgan fingerprint density at radius 1 is 1.24 bits per heavy atom. The molecule has 1 aromatic rings. The van der Waals surface area contributed by atoms with Crippen molar-refractivity contribution in [3.8, 4) is 0 Å². The van der Waals surface area contributed by atoms with Crippen molar-refractivity contribution in [2.45, 2.75) is 57.4 Å². The van der Waals surface area contributed by atoms with E-state index in [0.717, 1.165) is 18.6 Å². The summed E-state index contributed by atoms with van der Waals surface area (Å²) in [7, 11) is 0. The van der Waals surface area contributed by atoms with Crippen LogP contribution in [-0.4, -0.2) is 6.04 Å². The van der Waals surface area contributed by atoms with Crippen LogP contribution in [0, 0.1) is 0 Å². The van der Waals surface area contributed by atoms with Gasteiger partial charge in [-0.2, -0.15) is 0 Å². The second-order valence-electron chi connectivity index (χ2n) is 4.96. The number of rotatable bonds is 4. The monoisotopic (exact) mass is 233 g/mol. The minimum absolute atomic E-state index is 0.221. The zero-order chi connectivity index (χ0) is 11.9. The van der Waals surface area contributed by atoms with E-state index >= 15 is 0 Å². The van der Waals surface area contributed by atoms with E-state index < -0.39 is 0 Å². The van der Waals surface area contributed by atoms with Crippen molar-refractivity contribution in [1.29, 1.82) is 0 Å². The second-order valence-corrected chi connectivity index (χ2v) is 4.96. The van der Waals surface area contributed by atoms with Crippen LogP contribution in [0.15, 0.2) is 34.5 Å². The molecule has 1 aliphatic rings. The Labute approximate surface area is 104 Å². The molecular weight excluding hydrogens is 210 g/mol. The zero-order valence-corrected chi connectivity index (χ0v) is 10.5. The molecule has 2 N–H and O–H groups in total. The van der Waals surface area contributed by atoms with Gasteiger partial charge in [0.25, 0.3) is 0 Å². The van der Waals surface area contributed by atoms with Gasteiger partial charge in [0.2, 0.25) is 0 Å². The Bertz CT molecular complexity index is 340. The third kappa shape index (κ3) is 4.04. The molecule has 0 saturated heterocycles. The number of hydrogen-bond donors (Lipinski definition) is 1. The van der Waals surface area contributed by atoms with Gasteiger partial charge in [0.05, 0.1) is 6.26 Å². The molecule has 2 heteroatoms. The summed E-state index contributed by atoms with van der Waals surface area (Å²) >= 11 is 0. The fourth-order valence-corrected chi connectivity index (χ4v) is 2.49. The van der Waals surface area contributed by atoms with Crippen molar-refractivity contribution < 1.29 is 4.42 Å². The summed E-state index contributed by atoms with van der Waals surface area (Å²) in [6, 6.07) is 4.19. The highest BCUT2D eigenvalue weighted by molar-refractivity contribution is 5.11. The summed E-state index contributed by atoms with van der Waals surface area (Å²) in [5, 5.41) is 0. The molecule has 2 nitrogen and oxygen atoms in total. The molecule has 0 spiro atoms. The van der Waals surface area contributed by atoms with Crippen molar-refractivity contribution in [3.05, 3.63) is 35.8 Å². The van der Waals surface area contributed by atoms with Crippen molar-refractivity contribution in [2.24, 2.45) is 5.73 Å². The fraction of sp³-hybridized carbons (Fsp3) is 0.600. The van der Waals surface area contributed by atoms with E-state index in [9.17, 15) is 0 Å². The van der Waals surface area contributed by atoms with E-state index in [1.165, 1.54) is 44.1 Å². The summed E-state index contributed by atoms with van der Waals surface area (Å²) in [4.78, 5) is 0. The van der Waals surface area contributed by atoms with Crippen molar-refractivity contribution in [3.63, 3.8) is 0 Å². The van der Waals surface area contributed by atoms with Crippen LogP contribution in [0.25, 0.3) is 0 Å². The Morgan fingerprint density at radius 3 is 2.94 bits per heavy atom. The van der Waals surface area contributed by atoms with Gasteiger partial charge < -0.3 is 10.2 Å². The average Bonchev–Trinajstić information content (AvgIpc) is 2.78. The van der Waals surface area contributed by atoms with E-state index in [2.05, 4.69) is 6.08 Å². The summed E-state index contributed by atoms with van der Waals surface area (Å²) in [5.74, 6) is 1.05. The molecule has 17 heavy (non-hydrogen) atoms. The van der Waals surface area contributed by atoms with Crippen LogP contribution in [0.3, 0.4) is 0 Å². The predicted octanol–water partition coefficient (Wildman–Crippen LogP) is 3.82. The van der Waals surface area contributed by atoms with E-state index in [-0.39, 0.29) is 6.04 Å². The van der Waals surface area contributed by atoms with Gasteiger partial charge in [-0.15, -0.1) is 0 Å². The maximum Gasteiger partial charge on any atom is 0.103 e. The van der Waals surface area contributed by atoms with Crippen LogP contribution in [0.4, 0.5) is 0 Å².